The minimum Gasteiger partial charge on any atom is -0.295 e. The Morgan fingerprint density at radius 3 is 2.95 bits per heavy atom. The number of ketones is 1. The van der Waals surface area contributed by atoms with Crippen LogP contribution < -0.4 is 0 Å². The second kappa shape index (κ2) is 3.91. The zero-order chi connectivity index (χ0) is 13.7. The van der Waals surface area contributed by atoms with E-state index in [9.17, 15) is 10.1 Å². The molecule has 20 heavy (non-hydrogen) atoms. The molecule has 0 bridgehead atoms. The summed E-state index contributed by atoms with van der Waals surface area (Å²) in [5, 5.41) is 9.33. The number of hydrogen-bond donors (Lipinski definition) is 0. The summed E-state index contributed by atoms with van der Waals surface area (Å²) in [4.78, 5) is 16.7. The Bertz CT molecular complexity index is 915. The normalized spacial score (nSPS) is 14.4. The third kappa shape index (κ3) is 1.35. The van der Waals surface area contributed by atoms with Gasteiger partial charge in [0.05, 0.1) is 16.6 Å². The van der Waals surface area contributed by atoms with E-state index in [1.54, 1.807) is 6.07 Å². The first kappa shape index (κ1) is 11.2. The highest BCUT2D eigenvalue weighted by Gasteiger charge is 2.23. The highest BCUT2D eigenvalue weighted by Crippen LogP contribution is 2.28. The van der Waals surface area contributed by atoms with Crippen LogP contribution in [0.15, 0.2) is 30.3 Å². The van der Waals surface area contributed by atoms with E-state index in [0.717, 1.165) is 29.6 Å². The zero-order valence-electron chi connectivity index (χ0n) is 10.8. The van der Waals surface area contributed by atoms with E-state index in [4.69, 9.17) is 0 Å². The van der Waals surface area contributed by atoms with Crippen LogP contribution in [0.5, 0.6) is 0 Å². The van der Waals surface area contributed by atoms with Crippen LogP contribution in [-0.2, 0) is 6.42 Å². The second-order valence-corrected chi connectivity index (χ2v) is 5.07. The van der Waals surface area contributed by atoms with Gasteiger partial charge >= 0.3 is 0 Å². The molecule has 0 atom stereocenters. The van der Waals surface area contributed by atoms with Crippen LogP contribution in [0.3, 0.4) is 0 Å². The summed E-state index contributed by atoms with van der Waals surface area (Å²) in [5.74, 6) is 0.127. The van der Waals surface area contributed by atoms with E-state index in [1.807, 2.05) is 28.7 Å². The topological polar surface area (TPSA) is 58.2 Å². The van der Waals surface area contributed by atoms with E-state index in [1.165, 1.54) is 0 Å². The van der Waals surface area contributed by atoms with Crippen LogP contribution in [0.2, 0.25) is 0 Å². The molecule has 0 saturated heterocycles. The zero-order valence-corrected chi connectivity index (χ0v) is 10.8. The van der Waals surface area contributed by atoms with Crippen LogP contribution in [0, 0.1) is 11.3 Å². The number of pyridine rings is 1. The largest absolute Gasteiger partial charge is 0.295 e. The second-order valence-electron chi connectivity index (χ2n) is 5.07. The first-order valence-electron chi connectivity index (χ1n) is 6.66. The molecule has 0 amide bonds. The van der Waals surface area contributed by atoms with Crippen molar-refractivity contribution in [1.29, 1.82) is 5.26 Å². The molecule has 3 aromatic rings. The summed E-state index contributed by atoms with van der Waals surface area (Å²) in [6, 6.07) is 11.7. The van der Waals surface area contributed by atoms with Gasteiger partial charge < -0.3 is 0 Å². The van der Waals surface area contributed by atoms with E-state index in [-0.39, 0.29) is 5.78 Å². The number of benzene rings is 1. The van der Waals surface area contributed by atoms with Gasteiger partial charge in [0.1, 0.15) is 6.07 Å². The van der Waals surface area contributed by atoms with Gasteiger partial charge in [-0.05, 0) is 31.0 Å². The van der Waals surface area contributed by atoms with Crippen molar-refractivity contribution in [2.24, 2.45) is 0 Å². The van der Waals surface area contributed by atoms with Gasteiger partial charge in [0, 0.05) is 17.7 Å². The van der Waals surface area contributed by atoms with Gasteiger partial charge in [-0.2, -0.15) is 5.26 Å². The van der Waals surface area contributed by atoms with Gasteiger partial charge in [-0.25, -0.2) is 4.98 Å². The summed E-state index contributed by atoms with van der Waals surface area (Å²) in [7, 11) is 0. The molecule has 1 aromatic carbocycles. The number of carbonyl (C=O) groups is 1. The Balaban J connectivity index is 2.27. The third-order valence-corrected chi connectivity index (χ3v) is 3.91. The smallest absolute Gasteiger partial charge is 0.164 e. The summed E-state index contributed by atoms with van der Waals surface area (Å²) < 4.78 is 1.99. The maximum Gasteiger partial charge on any atom is 0.164 e. The lowest BCUT2D eigenvalue weighted by Crippen LogP contribution is -2.15. The predicted octanol–water partition coefficient (Wildman–Crippen LogP) is 2.88. The number of imidazole rings is 1. The van der Waals surface area contributed by atoms with Crippen LogP contribution in [0.25, 0.3) is 16.7 Å². The maximum atomic E-state index is 12.1. The van der Waals surface area contributed by atoms with Gasteiger partial charge in [-0.15, -0.1) is 0 Å². The molecule has 0 spiro atoms. The molecular weight excluding hydrogens is 250 g/mol. The molecule has 1 aliphatic carbocycles. The highest BCUT2D eigenvalue weighted by atomic mass is 16.1. The number of hydrogen-bond acceptors (Lipinski definition) is 3. The SMILES string of the molecule is N#Cc1cc2c(n3c1nc1ccccc13)CCCC2=O. The van der Waals surface area contributed by atoms with Crippen LogP contribution in [0.4, 0.5) is 0 Å². The predicted molar refractivity (Wildman–Crippen MR) is 74.7 cm³/mol. The van der Waals surface area contributed by atoms with E-state index < -0.39 is 0 Å². The molecule has 96 valence electrons. The van der Waals surface area contributed by atoms with Crippen molar-refractivity contribution in [2.45, 2.75) is 19.3 Å². The number of carbonyl (C=O) groups excluding carboxylic acids is 1. The number of aromatic nitrogens is 2. The van der Waals surface area contributed by atoms with Crippen molar-refractivity contribution in [2.75, 3.05) is 0 Å². The van der Waals surface area contributed by atoms with Crippen molar-refractivity contribution in [3.8, 4) is 6.07 Å². The van der Waals surface area contributed by atoms with Crippen molar-refractivity contribution in [3.63, 3.8) is 0 Å². The molecule has 0 N–H and O–H groups in total. The molecule has 4 rings (SSSR count). The van der Waals surface area contributed by atoms with E-state index in [2.05, 4.69) is 11.1 Å². The lowest BCUT2D eigenvalue weighted by atomic mass is 9.93. The average Bonchev–Trinajstić information content (AvgIpc) is 2.86. The third-order valence-electron chi connectivity index (χ3n) is 3.91. The Labute approximate surface area is 115 Å². The van der Waals surface area contributed by atoms with Gasteiger partial charge in [0.15, 0.2) is 11.4 Å². The van der Waals surface area contributed by atoms with Gasteiger partial charge in [0.2, 0.25) is 0 Å². The molecule has 0 saturated carbocycles. The van der Waals surface area contributed by atoms with E-state index in [0.29, 0.717) is 23.2 Å². The molecule has 2 heterocycles. The lowest BCUT2D eigenvalue weighted by Gasteiger charge is -2.17. The number of para-hydroxylation sites is 2. The molecule has 0 radical (unpaired) electrons. The minimum absolute atomic E-state index is 0.127. The number of aryl methyl sites for hydroxylation is 1. The molecule has 0 unspecified atom stereocenters. The fraction of sp³-hybridized carbons (Fsp3) is 0.188. The average molecular weight is 261 g/mol. The monoisotopic (exact) mass is 261 g/mol. The summed E-state index contributed by atoms with van der Waals surface area (Å²) >= 11 is 0. The molecule has 4 nitrogen and oxygen atoms in total. The quantitative estimate of drug-likeness (QED) is 0.625. The van der Waals surface area contributed by atoms with Crippen molar-refractivity contribution in [3.05, 3.63) is 47.2 Å². The molecule has 0 aliphatic heterocycles. The highest BCUT2D eigenvalue weighted by molar-refractivity contribution is 6.00. The number of fused-ring (bicyclic) bond motifs is 5. The molecule has 4 heteroatoms. The summed E-state index contributed by atoms with van der Waals surface area (Å²) in [6.07, 6.45) is 2.28. The number of rotatable bonds is 0. The van der Waals surface area contributed by atoms with Gasteiger partial charge in [-0.3, -0.25) is 9.20 Å². The Hall–Kier alpha value is -2.67. The Morgan fingerprint density at radius 2 is 2.10 bits per heavy atom. The maximum absolute atomic E-state index is 12.1. The van der Waals surface area contributed by atoms with Crippen LogP contribution >= 0.6 is 0 Å². The summed E-state index contributed by atoms with van der Waals surface area (Å²) in [6.45, 7) is 0. The summed E-state index contributed by atoms with van der Waals surface area (Å²) in [5.41, 5.74) is 4.62. The Morgan fingerprint density at radius 1 is 1.25 bits per heavy atom. The number of nitriles is 1. The molecule has 1 aliphatic rings. The van der Waals surface area contributed by atoms with Crippen molar-refractivity contribution < 1.29 is 4.79 Å². The van der Waals surface area contributed by atoms with Crippen LogP contribution in [0.1, 0.15) is 34.5 Å². The van der Waals surface area contributed by atoms with E-state index >= 15 is 0 Å². The lowest BCUT2D eigenvalue weighted by molar-refractivity contribution is 0.0971. The fourth-order valence-corrected chi connectivity index (χ4v) is 3.01. The fourth-order valence-electron chi connectivity index (χ4n) is 3.01. The number of nitrogens with zero attached hydrogens (tertiary/aromatic N) is 3. The van der Waals surface area contributed by atoms with Crippen LogP contribution in [-0.4, -0.2) is 15.2 Å². The standard InChI is InChI=1S/C16H11N3O/c17-9-10-8-11-13(6-3-7-15(11)20)19-14-5-2-1-4-12(14)18-16(10)19/h1-2,4-5,8H,3,6-7H2. The van der Waals surface area contributed by atoms with Gasteiger partial charge in [-0.1, -0.05) is 12.1 Å². The first-order chi connectivity index (χ1) is 9.79. The first-order valence-corrected chi connectivity index (χ1v) is 6.66. The van der Waals surface area contributed by atoms with Gasteiger partial charge in [0.25, 0.3) is 0 Å². The Kier molecular flexibility index (Phi) is 2.19. The molecular formula is C16H11N3O. The van der Waals surface area contributed by atoms with Crippen molar-refractivity contribution in [1.82, 2.24) is 9.38 Å². The minimum atomic E-state index is 0.127. The number of Topliss-reactive ketones (excluding diaryl/α,β-unsaturated/α-hetero) is 1. The molecule has 2 aromatic heterocycles. The molecule has 0 fully saturated rings. The van der Waals surface area contributed by atoms with Crippen molar-refractivity contribution >= 4 is 22.5 Å².